The number of rotatable bonds is 0. The fourth-order valence-electron chi connectivity index (χ4n) is 13.1. The molecular formula is C32H56NO2+. The Balaban J connectivity index is 1.42. The van der Waals surface area contributed by atoms with Crippen molar-refractivity contribution in [3.8, 4) is 0 Å². The van der Waals surface area contributed by atoms with E-state index in [9.17, 15) is 5.11 Å². The first-order valence-corrected chi connectivity index (χ1v) is 15.3. The zero-order chi connectivity index (χ0) is 25.5. The maximum Gasteiger partial charge on any atom is 0.203 e. The molecule has 1 unspecified atom stereocenters. The van der Waals surface area contributed by atoms with Crippen molar-refractivity contribution in [1.82, 2.24) is 0 Å². The first kappa shape index (κ1) is 25.2. The van der Waals surface area contributed by atoms with Crippen LogP contribution in [0, 0.1) is 50.2 Å². The van der Waals surface area contributed by atoms with E-state index in [0.717, 1.165) is 24.7 Å². The Labute approximate surface area is 215 Å². The Kier molecular flexibility index (Phi) is 4.96. The molecule has 35 heavy (non-hydrogen) atoms. The number of aliphatic hydroxyl groups is 1. The molecule has 3 heteroatoms. The van der Waals surface area contributed by atoms with Crippen molar-refractivity contribution >= 4 is 0 Å². The fraction of sp³-hybridized carbons (Fsp3) is 1.00. The van der Waals surface area contributed by atoms with Gasteiger partial charge in [-0.2, -0.15) is 0 Å². The van der Waals surface area contributed by atoms with Gasteiger partial charge < -0.3 is 15.2 Å². The number of hydrogen-bond acceptors (Lipinski definition) is 2. The first-order chi connectivity index (χ1) is 16.1. The Hall–Kier alpha value is -0.120. The van der Waals surface area contributed by atoms with Crippen LogP contribution in [0.5, 0.6) is 0 Å². The summed E-state index contributed by atoms with van der Waals surface area (Å²) in [7, 11) is 0. The van der Waals surface area contributed by atoms with Crippen molar-refractivity contribution in [2.45, 2.75) is 144 Å². The molecule has 2 saturated heterocycles. The lowest BCUT2D eigenvalue weighted by molar-refractivity contribution is -0.788. The van der Waals surface area contributed by atoms with E-state index in [1.54, 1.807) is 0 Å². The highest BCUT2D eigenvalue weighted by atomic mass is 16.5. The van der Waals surface area contributed by atoms with Gasteiger partial charge >= 0.3 is 0 Å². The largest absolute Gasteiger partial charge is 0.393 e. The van der Waals surface area contributed by atoms with Gasteiger partial charge in [0.25, 0.3) is 0 Å². The molecule has 12 atom stereocenters. The van der Waals surface area contributed by atoms with Crippen LogP contribution in [-0.2, 0) is 4.74 Å². The third-order valence-corrected chi connectivity index (χ3v) is 16.0. The van der Waals surface area contributed by atoms with Crippen molar-refractivity contribution in [3.05, 3.63) is 0 Å². The monoisotopic (exact) mass is 486 g/mol. The fourth-order valence-corrected chi connectivity index (χ4v) is 13.1. The molecule has 0 aromatic heterocycles. The minimum Gasteiger partial charge on any atom is -0.393 e. The smallest absolute Gasteiger partial charge is 0.203 e. The lowest BCUT2D eigenvalue weighted by Gasteiger charge is -2.73. The molecule has 1 spiro atoms. The third-order valence-electron chi connectivity index (χ3n) is 16.0. The minimum atomic E-state index is -0.0961. The Morgan fingerprint density at radius 2 is 1.49 bits per heavy atom. The SMILES string of the molecule is C[C@H]1CC[C@]2([NH2+]C1)O[C@]1(C)C[C@]3(C)C4CC[C@]5(C)C[C@@H](O)CC[C@]5(C)[C@]4(C)CC[C@]3(C)[C@@]1(C)[C@@H]2C. The minimum absolute atomic E-state index is 0.0161. The highest BCUT2D eigenvalue weighted by molar-refractivity contribution is 5.30. The molecule has 4 aliphatic carbocycles. The van der Waals surface area contributed by atoms with Crippen LogP contribution in [-0.4, -0.2) is 29.1 Å². The van der Waals surface area contributed by atoms with E-state index in [-0.39, 0.29) is 33.7 Å². The van der Waals surface area contributed by atoms with E-state index in [2.05, 4.69) is 67.6 Å². The molecule has 0 bridgehead atoms. The molecule has 3 nitrogen and oxygen atoms in total. The standard InChI is InChI=1S/C32H55NO2/c1-21-10-15-32(33-19-21)22(2)31(9)29(7)17-16-26(4)24(27(29,5)20-30(31,8)35-32)12-13-25(3)18-23(34)11-14-28(25,26)6/h21-24,33-34H,10-20H2,1-9H3/p+1/t21-,22-,23-,24?,25+,26+,27+,28-,29-,30+,31+,32-/m0/s1. The topological polar surface area (TPSA) is 46.1 Å². The summed E-state index contributed by atoms with van der Waals surface area (Å²) < 4.78 is 7.48. The Bertz CT molecular complexity index is 911. The van der Waals surface area contributed by atoms with Crippen molar-refractivity contribution in [2.75, 3.05) is 6.54 Å². The van der Waals surface area contributed by atoms with E-state index in [4.69, 9.17) is 4.74 Å². The maximum atomic E-state index is 10.7. The number of piperidine rings is 1. The Morgan fingerprint density at radius 1 is 0.771 bits per heavy atom. The zero-order valence-corrected chi connectivity index (χ0v) is 24.5. The summed E-state index contributed by atoms with van der Waals surface area (Å²) >= 11 is 0. The van der Waals surface area contributed by atoms with Crippen LogP contribution in [0.25, 0.3) is 0 Å². The van der Waals surface area contributed by atoms with Crippen LogP contribution >= 0.6 is 0 Å². The van der Waals surface area contributed by atoms with Crippen LogP contribution in [0.15, 0.2) is 0 Å². The number of fused-ring (bicyclic) bond motifs is 7. The van der Waals surface area contributed by atoms with E-state index in [0.29, 0.717) is 22.2 Å². The van der Waals surface area contributed by atoms with Crippen molar-refractivity contribution in [1.29, 1.82) is 0 Å². The van der Waals surface area contributed by atoms with Gasteiger partial charge in [-0.3, -0.25) is 0 Å². The highest BCUT2D eigenvalue weighted by Gasteiger charge is 2.84. The molecule has 3 N–H and O–H groups in total. The van der Waals surface area contributed by atoms with Gasteiger partial charge in [-0.15, -0.1) is 0 Å². The van der Waals surface area contributed by atoms with E-state index in [1.165, 1.54) is 57.9 Å². The number of ether oxygens (including phenoxy) is 1. The van der Waals surface area contributed by atoms with Gasteiger partial charge in [-0.25, -0.2) is 0 Å². The number of aliphatic hydroxyl groups excluding tert-OH is 1. The maximum absolute atomic E-state index is 10.7. The van der Waals surface area contributed by atoms with Crippen LogP contribution in [0.1, 0.15) is 127 Å². The molecular weight excluding hydrogens is 430 g/mol. The van der Waals surface area contributed by atoms with E-state index < -0.39 is 0 Å². The van der Waals surface area contributed by atoms with Gasteiger partial charge in [0.2, 0.25) is 5.72 Å². The second-order valence-corrected chi connectivity index (χ2v) is 16.5. The van der Waals surface area contributed by atoms with Crippen molar-refractivity contribution in [3.63, 3.8) is 0 Å². The molecule has 0 aromatic rings. The normalized spacial score (nSPS) is 66.0. The summed E-state index contributed by atoms with van der Waals surface area (Å²) in [6.07, 6.45) is 12.1. The lowest BCUT2D eigenvalue weighted by Crippen LogP contribution is -3.01. The summed E-state index contributed by atoms with van der Waals surface area (Å²) in [5, 5.41) is 13.3. The number of nitrogens with two attached hydrogens (primary N) is 1. The van der Waals surface area contributed by atoms with E-state index >= 15 is 0 Å². The third kappa shape index (κ3) is 2.52. The number of quaternary nitrogens is 1. The van der Waals surface area contributed by atoms with Crippen LogP contribution in [0.3, 0.4) is 0 Å². The predicted octanol–water partition coefficient (Wildman–Crippen LogP) is 6.29. The summed E-state index contributed by atoms with van der Waals surface area (Å²) in [6.45, 7) is 24.7. The first-order valence-electron chi connectivity index (χ1n) is 15.3. The van der Waals surface area contributed by atoms with Gasteiger partial charge in [0.1, 0.15) is 0 Å². The quantitative estimate of drug-likeness (QED) is 0.422. The van der Waals surface area contributed by atoms with Crippen LogP contribution in [0.4, 0.5) is 0 Å². The average Bonchev–Trinajstić information content (AvgIpc) is 3.02. The van der Waals surface area contributed by atoms with Crippen LogP contribution < -0.4 is 5.32 Å². The Morgan fingerprint density at radius 3 is 2.14 bits per heavy atom. The van der Waals surface area contributed by atoms with Crippen molar-refractivity contribution in [2.24, 2.45) is 50.2 Å². The molecule has 0 aromatic carbocycles. The van der Waals surface area contributed by atoms with Gasteiger partial charge in [0.05, 0.1) is 18.2 Å². The molecule has 0 amide bonds. The molecule has 200 valence electrons. The lowest BCUT2D eigenvalue weighted by atomic mass is 9.31. The van der Waals surface area contributed by atoms with Gasteiger partial charge in [-0.05, 0) is 97.7 Å². The molecule has 2 heterocycles. The van der Waals surface area contributed by atoms with Crippen LogP contribution in [0.2, 0.25) is 0 Å². The van der Waals surface area contributed by atoms with Gasteiger partial charge in [0.15, 0.2) is 0 Å². The highest BCUT2D eigenvalue weighted by Crippen LogP contribution is 2.85. The molecule has 6 fully saturated rings. The molecule has 6 rings (SSSR count). The summed E-state index contributed by atoms with van der Waals surface area (Å²) in [6, 6.07) is 0. The number of hydrogen-bond donors (Lipinski definition) is 2. The van der Waals surface area contributed by atoms with Crippen molar-refractivity contribution < 1.29 is 15.2 Å². The second-order valence-electron chi connectivity index (χ2n) is 16.5. The molecule has 6 aliphatic rings. The van der Waals surface area contributed by atoms with Gasteiger partial charge in [-0.1, -0.05) is 55.4 Å². The predicted molar refractivity (Wildman–Crippen MR) is 142 cm³/mol. The molecule has 2 aliphatic heterocycles. The zero-order valence-electron chi connectivity index (χ0n) is 24.5. The van der Waals surface area contributed by atoms with E-state index in [1.807, 2.05) is 0 Å². The van der Waals surface area contributed by atoms with Gasteiger partial charge in [0, 0.05) is 23.7 Å². The molecule has 4 saturated carbocycles. The molecule has 0 radical (unpaired) electrons. The summed E-state index contributed by atoms with van der Waals surface area (Å²) in [4.78, 5) is 0. The summed E-state index contributed by atoms with van der Waals surface area (Å²) in [5.74, 6) is 2.11. The second kappa shape index (κ2) is 6.90. The average molecular weight is 487 g/mol. The summed E-state index contributed by atoms with van der Waals surface area (Å²) in [5.41, 5.74) is 1.63.